The lowest BCUT2D eigenvalue weighted by molar-refractivity contribution is 1.07. The minimum Gasteiger partial charge on any atom is -0.309 e. The van der Waals surface area contributed by atoms with E-state index in [0.717, 1.165) is 44.6 Å². The van der Waals surface area contributed by atoms with E-state index < -0.39 is 0 Å². The maximum atomic E-state index is 5.03. The van der Waals surface area contributed by atoms with E-state index in [2.05, 4.69) is 119 Å². The van der Waals surface area contributed by atoms with E-state index >= 15 is 0 Å². The zero-order valence-electron chi connectivity index (χ0n) is 30.0. The van der Waals surface area contributed by atoms with Crippen LogP contribution < -0.4 is 0 Å². The molecule has 11 rings (SSSR count). The minimum atomic E-state index is 0.623. The van der Waals surface area contributed by atoms with Gasteiger partial charge in [0, 0.05) is 71.3 Å². The fourth-order valence-electron chi connectivity index (χ4n) is 7.94. The van der Waals surface area contributed by atoms with Gasteiger partial charge < -0.3 is 4.57 Å². The van der Waals surface area contributed by atoms with Gasteiger partial charge >= 0.3 is 0 Å². The first-order valence-electron chi connectivity index (χ1n) is 18.6. The van der Waals surface area contributed by atoms with Crippen LogP contribution in [0.3, 0.4) is 0 Å². The molecule has 0 saturated carbocycles. The van der Waals surface area contributed by atoms with Crippen LogP contribution in [0.15, 0.2) is 188 Å². The Labute approximate surface area is 326 Å². The lowest BCUT2D eigenvalue weighted by Gasteiger charge is -2.14. The van der Waals surface area contributed by atoms with Gasteiger partial charge in [-0.05, 0) is 71.3 Å². The first-order valence-corrected chi connectivity index (χ1v) is 19.4. The number of hydrogen-bond donors (Lipinski definition) is 0. The number of fused-ring (bicyclic) bond motifs is 7. The smallest absolute Gasteiger partial charge is 0.164 e. The highest BCUT2D eigenvalue weighted by atomic mass is 32.1. The summed E-state index contributed by atoms with van der Waals surface area (Å²) in [5.74, 6) is 1.90. The van der Waals surface area contributed by atoms with E-state index in [0.29, 0.717) is 17.5 Å². The van der Waals surface area contributed by atoms with Crippen molar-refractivity contribution in [3.63, 3.8) is 0 Å². The van der Waals surface area contributed by atoms with Crippen molar-refractivity contribution in [3.8, 4) is 62.1 Å². The third-order valence-electron chi connectivity index (χ3n) is 10.5. The van der Waals surface area contributed by atoms with Crippen LogP contribution in [0.2, 0.25) is 0 Å². The number of thiophene rings is 1. The molecule has 0 N–H and O–H groups in total. The summed E-state index contributed by atoms with van der Waals surface area (Å²) in [5.41, 5.74) is 10.5. The topological polar surface area (TPSA) is 56.5 Å². The molecule has 11 aromatic rings. The van der Waals surface area contributed by atoms with Gasteiger partial charge in [0.15, 0.2) is 17.5 Å². The molecule has 7 aromatic carbocycles. The highest BCUT2D eigenvalue weighted by Gasteiger charge is 2.19. The van der Waals surface area contributed by atoms with Crippen LogP contribution in [0.1, 0.15) is 0 Å². The Hall–Kier alpha value is -7.28. The van der Waals surface area contributed by atoms with Gasteiger partial charge in [-0.15, -0.1) is 11.3 Å². The number of rotatable bonds is 6. The molecule has 0 radical (unpaired) electrons. The van der Waals surface area contributed by atoms with Crippen molar-refractivity contribution in [1.82, 2.24) is 24.5 Å². The first-order chi connectivity index (χ1) is 27.7. The zero-order chi connectivity index (χ0) is 37.0. The summed E-state index contributed by atoms with van der Waals surface area (Å²) in [4.78, 5) is 19.5. The molecule has 6 heteroatoms. The van der Waals surface area contributed by atoms with Gasteiger partial charge in [-0.1, -0.05) is 121 Å². The van der Waals surface area contributed by atoms with Crippen LogP contribution in [0.4, 0.5) is 0 Å². The maximum Gasteiger partial charge on any atom is 0.164 e. The van der Waals surface area contributed by atoms with E-state index in [-0.39, 0.29) is 0 Å². The summed E-state index contributed by atoms with van der Waals surface area (Å²) < 4.78 is 5.03. The van der Waals surface area contributed by atoms with Gasteiger partial charge in [-0.3, -0.25) is 4.98 Å². The zero-order valence-corrected chi connectivity index (χ0v) is 30.9. The second-order valence-electron chi connectivity index (χ2n) is 13.9. The fraction of sp³-hybridized carbons (Fsp3) is 0. The van der Waals surface area contributed by atoms with Crippen LogP contribution in [0.25, 0.3) is 104 Å². The average Bonchev–Trinajstić information content (AvgIpc) is 3.83. The monoisotopic (exact) mass is 733 g/mol. The van der Waals surface area contributed by atoms with Gasteiger partial charge in [0.2, 0.25) is 0 Å². The third kappa shape index (κ3) is 5.46. The Morgan fingerprint density at radius 2 is 0.964 bits per heavy atom. The Morgan fingerprint density at radius 3 is 1.70 bits per heavy atom. The molecule has 0 unspecified atom stereocenters. The molecule has 0 amide bonds. The number of aromatic nitrogens is 5. The van der Waals surface area contributed by atoms with Crippen molar-refractivity contribution in [2.75, 3.05) is 0 Å². The standard InChI is InChI=1S/C50H31N5S/c1-3-13-32(14-4-1)48-52-49(33-15-5-2-6-16-33)54-50(53-48)35-18-11-17-34(27-35)37-28-38(36-19-12-26-51-31-36)30-39(29-37)55-42-22-9-7-20-40(42)46-43(55)24-25-45-47(46)41-21-8-10-23-44(41)56-45/h1-31H. The molecule has 0 aliphatic heterocycles. The number of para-hydroxylation sites is 1. The van der Waals surface area contributed by atoms with Gasteiger partial charge in [0.05, 0.1) is 11.0 Å². The van der Waals surface area contributed by atoms with Gasteiger partial charge in [-0.2, -0.15) is 0 Å². The van der Waals surface area contributed by atoms with Gasteiger partial charge in [0.1, 0.15) is 0 Å². The minimum absolute atomic E-state index is 0.623. The Balaban J connectivity index is 1.13. The summed E-state index contributed by atoms with van der Waals surface area (Å²) in [5, 5.41) is 5.14. The number of nitrogens with zero attached hydrogens (tertiary/aromatic N) is 5. The molecule has 0 spiro atoms. The molecule has 5 nitrogen and oxygen atoms in total. The lowest BCUT2D eigenvalue weighted by atomic mass is 9.97. The molecule has 262 valence electrons. The van der Waals surface area contributed by atoms with Crippen molar-refractivity contribution in [2.45, 2.75) is 0 Å². The largest absolute Gasteiger partial charge is 0.309 e. The number of hydrogen-bond acceptors (Lipinski definition) is 5. The average molecular weight is 734 g/mol. The van der Waals surface area contributed by atoms with Crippen molar-refractivity contribution >= 4 is 53.3 Å². The highest BCUT2D eigenvalue weighted by Crippen LogP contribution is 2.44. The summed E-state index contributed by atoms with van der Waals surface area (Å²) in [7, 11) is 0. The third-order valence-corrected chi connectivity index (χ3v) is 11.6. The number of benzene rings is 7. The van der Waals surface area contributed by atoms with Crippen molar-refractivity contribution < 1.29 is 0 Å². The Bertz CT molecular complexity index is 3190. The van der Waals surface area contributed by atoms with E-state index in [1.54, 1.807) is 0 Å². The van der Waals surface area contributed by atoms with E-state index in [1.807, 2.05) is 90.5 Å². The molecule has 0 aliphatic carbocycles. The SMILES string of the molecule is c1ccc(-c2nc(-c3ccccc3)nc(-c3cccc(-c4cc(-c5cccnc5)cc(-n5c6ccccc6c6c7c(ccc65)sc5ccccc57)c4)c3)n2)cc1. The van der Waals surface area contributed by atoms with Crippen LogP contribution >= 0.6 is 11.3 Å². The van der Waals surface area contributed by atoms with Crippen molar-refractivity contribution in [1.29, 1.82) is 0 Å². The van der Waals surface area contributed by atoms with Gasteiger partial charge in [0.25, 0.3) is 0 Å². The molecule has 0 bridgehead atoms. The molecule has 0 atom stereocenters. The predicted molar refractivity (Wildman–Crippen MR) is 232 cm³/mol. The molecule has 0 fully saturated rings. The maximum absolute atomic E-state index is 5.03. The molecule has 4 aromatic heterocycles. The normalized spacial score (nSPS) is 11.6. The summed E-state index contributed by atoms with van der Waals surface area (Å²) in [6.45, 7) is 0. The van der Waals surface area contributed by atoms with Gasteiger partial charge in [-0.25, -0.2) is 15.0 Å². The van der Waals surface area contributed by atoms with E-state index in [9.17, 15) is 0 Å². The second-order valence-corrected chi connectivity index (χ2v) is 15.0. The molecule has 56 heavy (non-hydrogen) atoms. The lowest BCUT2D eigenvalue weighted by Crippen LogP contribution is -2.00. The Morgan fingerprint density at radius 1 is 0.375 bits per heavy atom. The number of pyridine rings is 1. The second kappa shape index (κ2) is 13.2. The summed E-state index contributed by atoms with van der Waals surface area (Å²) >= 11 is 1.86. The van der Waals surface area contributed by atoms with Crippen molar-refractivity contribution in [3.05, 3.63) is 188 Å². The predicted octanol–water partition coefficient (Wildman–Crippen LogP) is 13.1. The summed E-state index contributed by atoms with van der Waals surface area (Å²) in [6.07, 6.45) is 3.76. The molecule has 4 heterocycles. The Kier molecular flexibility index (Phi) is 7.60. The molecular formula is C50H31N5S. The quantitative estimate of drug-likeness (QED) is 0.171. The van der Waals surface area contributed by atoms with Crippen LogP contribution in [0.5, 0.6) is 0 Å². The fourth-order valence-corrected chi connectivity index (χ4v) is 9.05. The first kappa shape index (κ1) is 32.2. The molecule has 0 saturated heterocycles. The van der Waals surface area contributed by atoms with Crippen molar-refractivity contribution in [2.24, 2.45) is 0 Å². The molecule has 0 aliphatic rings. The summed E-state index contributed by atoms with van der Waals surface area (Å²) in [6, 6.07) is 61.8. The van der Waals surface area contributed by atoms with E-state index in [4.69, 9.17) is 15.0 Å². The highest BCUT2D eigenvalue weighted by molar-refractivity contribution is 7.26. The van der Waals surface area contributed by atoms with Crippen LogP contribution in [0, 0.1) is 0 Å². The van der Waals surface area contributed by atoms with Crippen LogP contribution in [-0.4, -0.2) is 24.5 Å². The van der Waals surface area contributed by atoms with Crippen LogP contribution in [-0.2, 0) is 0 Å². The molecular weight excluding hydrogens is 703 g/mol. The van der Waals surface area contributed by atoms with E-state index in [1.165, 1.54) is 42.0 Å².